The van der Waals surface area contributed by atoms with Gasteiger partial charge in [0, 0.05) is 0 Å². The van der Waals surface area contributed by atoms with Crippen molar-refractivity contribution in [3.63, 3.8) is 0 Å². The molecule has 0 amide bonds. The second kappa shape index (κ2) is 6.62. The molecule has 1 aliphatic rings. The van der Waals surface area contributed by atoms with E-state index in [0.29, 0.717) is 0 Å². The Morgan fingerprint density at radius 1 is 1.00 bits per heavy atom. The van der Waals surface area contributed by atoms with Crippen LogP contribution in [0.25, 0.3) is 0 Å². The van der Waals surface area contributed by atoms with Gasteiger partial charge in [0.1, 0.15) is 7.28 Å². The summed E-state index contributed by atoms with van der Waals surface area (Å²) < 4.78 is 0. The first-order valence-corrected chi connectivity index (χ1v) is 5.47. The van der Waals surface area contributed by atoms with Crippen LogP contribution in [0.15, 0.2) is 0 Å². The van der Waals surface area contributed by atoms with Gasteiger partial charge in [-0.15, -0.1) is 0 Å². The zero-order valence-electron chi connectivity index (χ0n) is 8.10. The second-order valence-electron chi connectivity index (χ2n) is 3.92. The molecule has 1 aliphatic carbocycles. The highest BCUT2D eigenvalue weighted by Gasteiger charge is 2.10. The van der Waals surface area contributed by atoms with Crippen LogP contribution in [-0.4, -0.2) is 15.1 Å². The van der Waals surface area contributed by atoms with E-state index in [0.717, 1.165) is 18.5 Å². The predicted molar refractivity (Wildman–Crippen MR) is 57.2 cm³/mol. The van der Waals surface area contributed by atoms with Crippen LogP contribution in [0.2, 0.25) is 18.5 Å². The topological polar surface area (TPSA) is 0 Å². The summed E-state index contributed by atoms with van der Waals surface area (Å²) in [6.45, 7) is 0. The van der Waals surface area contributed by atoms with Crippen LogP contribution in [0.1, 0.15) is 44.9 Å². The van der Waals surface area contributed by atoms with Crippen LogP contribution in [0.3, 0.4) is 0 Å². The van der Waals surface area contributed by atoms with Gasteiger partial charge >= 0.3 is 0 Å². The molecule has 3 radical (unpaired) electrons. The maximum atomic E-state index is 5.48. The summed E-state index contributed by atoms with van der Waals surface area (Å²) in [6, 6.07) is 0. The minimum atomic E-state index is 0.830. The molecule has 0 spiro atoms. The van der Waals surface area contributed by atoms with Gasteiger partial charge in [-0.1, -0.05) is 63.4 Å². The molecule has 0 atom stereocenters. The molecule has 0 saturated heterocycles. The average molecular weight is 161 g/mol. The Kier molecular flexibility index (Phi) is 5.64. The zero-order chi connectivity index (χ0) is 8.65. The lowest BCUT2D eigenvalue weighted by molar-refractivity contribution is 0.501. The fourth-order valence-electron chi connectivity index (χ4n) is 2.06. The Labute approximate surface area is 79.2 Å². The van der Waals surface area contributed by atoms with Gasteiger partial charge in [-0.2, -0.15) is 0 Å². The smallest absolute Gasteiger partial charge is 0.0955 e. The summed E-state index contributed by atoms with van der Waals surface area (Å²) in [5, 5.41) is 0. The lowest BCUT2D eigenvalue weighted by Gasteiger charge is -2.18. The third kappa shape index (κ3) is 4.23. The minimum Gasteiger partial charge on any atom is -0.0955 e. The third-order valence-corrected chi connectivity index (χ3v) is 2.82. The Balaban J connectivity index is 2.11. The van der Waals surface area contributed by atoms with E-state index in [2.05, 4.69) is 7.28 Å². The first kappa shape index (κ1) is 10.2. The SMILES string of the molecule is [B]CC[B]C1CCCCCCC1. The Morgan fingerprint density at radius 2 is 1.58 bits per heavy atom. The van der Waals surface area contributed by atoms with Crippen LogP contribution in [0, 0.1) is 0 Å². The van der Waals surface area contributed by atoms with Gasteiger partial charge in [0.25, 0.3) is 0 Å². The van der Waals surface area contributed by atoms with Crippen molar-refractivity contribution < 1.29 is 0 Å². The monoisotopic (exact) mass is 161 g/mol. The zero-order valence-corrected chi connectivity index (χ0v) is 8.10. The lowest BCUT2D eigenvalue weighted by atomic mass is 9.56. The number of rotatable bonds is 3. The van der Waals surface area contributed by atoms with Crippen LogP contribution in [-0.2, 0) is 0 Å². The maximum absolute atomic E-state index is 5.48. The molecular weight excluding hydrogens is 142 g/mol. The predicted octanol–water partition coefficient (Wildman–Crippen LogP) is 3.23. The van der Waals surface area contributed by atoms with E-state index < -0.39 is 0 Å². The van der Waals surface area contributed by atoms with Gasteiger partial charge in [-0.05, 0) is 0 Å². The van der Waals surface area contributed by atoms with Crippen molar-refractivity contribution in [3.05, 3.63) is 0 Å². The van der Waals surface area contributed by atoms with E-state index in [1.165, 1.54) is 44.9 Å². The molecule has 0 bridgehead atoms. The molecule has 65 valence electrons. The van der Waals surface area contributed by atoms with E-state index >= 15 is 0 Å². The molecule has 12 heavy (non-hydrogen) atoms. The van der Waals surface area contributed by atoms with Crippen molar-refractivity contribution in [3.8, 4) is 0 Å². The van der Waals surface area contributed by atoms with Gasteiger partial charge in [0.2, 0.25) is 0 Å². The van der Waals surface area contributed by atoms with Crippen molar-refractivity contribution in [2.75, 3.05) is 0 Å². The van der Waals surface area contributed by atoms with E-state index in [9.17, 15) is 0 Å². The van der Waals surface area contributed by atoms with Crippen LogP contribution < -0.4 is 0 Å². The van der Waals surface area contributed by atoms with E-state index in [1.807, 2.05) is 0 Å². The molecule has 0 N–H and O–H groups in total. The van der Waals surface area contributed by atoms with Gasteiger partial charge in [-0.3, -0.25) is 0 Å². The molecule has 0 aromatic carbocycles. The molecule has 0 heterocycles. The molecular formula is C10H19B2. The Hall–Kier alpha value is 0.130. The first-order chi connectivity index (χ1) is 5.93. The largest absolute Gasteiger partial charge is 0.112 e. The highest BCUT2D eigenvalue weighted by Crippen LogP contribution is 2.26. The minimum absolute atomic E-state index is 0.830. The molecule has 1 saturated carbocycles. The Bertz CT molecular complexity index is 93.3. The van der Waals surface area contributed by atoms with Crippen molar-refractivity contribution in [1.82, 2.24) is 0 Å². The fraction of sp³-hybridized carbons (Fsp3) is 1.00. The van der Waals surface area contributed by atoms with Gasteiger partial charge < -0.3 is 0 Å². The van der Waals surface area contributed by atoms with Gasteiger partial charge in [-0.25, -0.2) is 0 Å². The maximum Gasteiger partial charge on any atom is 0.112 e. The molecule has 1 fully saturated rings. The van der Waals surface area contributed by atoms with Crippen molar-refractivity contribution in [1.29, 1.82) is 0 Å². The Morgan fingerprint density at radius 3 is 2.17 bits per heavy atom. The molecule has 1 rings (SSSR count). The van der Waals surface area contributed by atoms with Crippen LogP contribution in [0.5, 0.6) is 0 Å². The summed E-state index contributed by atoms with van der Waals surface area (Å²) in [6.07, 6.45) is 12.0. The molecule has 0 aliphatic heterocycles. The van der Waals surface area contributed by atoms with E-state index in [-0.39, 0.29) is 0 Å². The van der Waals surface area contributed by atoms with Crippen molar-refractivity contribution >= 4 is 15.1 Å². The summed E-state index contributed by atoms with van der Waals surface area (Å²) in [5.41, 5.74) is 0. The fourth-order valence-corrected chi connectivity index (χ4v) is 2.06. The molecule has 0 nitrogen and oxygen atoms in total. The first-order valence-electron chi connectivity index (χ1n) is 5.47. The standard InChI is InChI=1S/C10H19B2/c11-8-9-12-10-6-4-2-1-3-5-7-10/h10H,1-9H2. The highest BCUT2D eigenvalue weighted by molar-refractivity contribution is 6.39. The van der Waals surface area contributed by atoms with Crippen molar-refractivity contribution in [2.24, 2.45) is 0 Å². The normalized spacial score (nSPS) is 21.3. The van der Waals surface area contributed by atoms with Crippen LogP contribution in [0.4, 0.5) is 0 Å². The van der Waals surface area contributed by atoms with Gasteiger partial charge in [0.15, 0.2) is 0 Å². The summed E-state index contributed by atoms with van der Waals surface area (Å²) in [4.78, 5) is 0. The molecule has 0 unspecified atom stereocenters. The summed E-state index contributed by atoms with van der Waals surface area (Å²) >= 11 is 0. The summed E-state index contributed by atoms with van der Waals surface area (Å²) in [5.74, 6) is 0.883. The lowest BCUT2D eigenvalue weighted by Crippen LogP contribution is -2.05. The van der Waals surface area contributed by atoms with E-state index in [1.54, 1.807) is 0 Å². The quantitative estimate of drug-likeness (QED) is 0.557. The van der Waals surface area contributed by atoms with Crippen LogP contribution >= 0.6 is 0 Å². The summed E-state index contributed by atoms with van der Waals surface area (Å²) in [7, 11) is 7.93. The molecule has 2 heteroatoms. The number of hydrogen-bond donors (Lipinski definition) is 0. The highest BCUT2D eigenvalue weighted by atomic mass is 14.1. The molecule has 0 aromatic heterocycles. The molecule has 0 aromatic rings. The number of hydrogen-bond acceptors (Lipinski definition) is 0. The van der Waals surface area contributed by atoms with E-state index in [4.69, 9.17) is 7.85 Å². The van der Waals surface area contributed by atoms with Crippen molar-refractivity contribution in [2.45, 2.75) is 63.4 Å². The third-order valence-electron chi connectivity index (χ3n) is 2.82. The second-order valence-corrected chi connectivity index (χ2v) is 3.92. The average Bonchev–Trinajstić information content (AvgIpc) is 2.02. The van der Waals surface area contributed by atoms with Gasteiger partial charge in [0.05, 0.1) is 7.85 Å².